The van der Waals surface area contributed by atoms with E-state index in [2.05, 4.69) is 13.8 Å². The molecule has 1 aromatic carbocycles. The van der Waals surface area contributed by atoms with Gasteiger partial charge in [-0.15, -0.1) is 0 Å². The SMILES string of the molecule is CO[C@@H]1CCN(C(=O)c2ccc(C(C)C)cc2)C1. The van der Waals surface area contributed by atoms with E-state index < -0.39 is 0 Å². The Morgan fingerprint density at radius 2 is 2.00 bits per heavy atom. The van der Waals surface area contributed by atoms with Crippen LogP contribution in [0.3, 0.4) is 0 Å². The zero-order valence-electron chi connectivity index (χ0n) is 11.3. The van der Waals surface area contributed by atoms with Crippen LogP contribution in [0.1, 0.15) is 42.1 Å². The normalized spacial score (nSPS) is 19.6. The van der Waals surface area contributed by atoms with Gasteiger partial charge < -0.3 is 9.64 Å². The standard InChI is InChI=1S/C15H21NO2/c1-11(2)12-4-6-13(7-5-12)15(17)16-9-8-14(10-16)18-3/h4-7,11,14H,8-10H2,1-3H3/t14-/m1/s1. The molecule has 1 atom stereocenters. The van der Waals surface area contributed by atoms with E-state index in [0.29, 0.717) is 12.5 Å². The highest BCUT2D eigenvalue weighted by Gasteiger charge is 2.26. The Labute approximate surface area is 109 Å². The minimum absolute atomic E-state index is 0.116. The zero-order chi connectivity index (χ0) is 13.1. The molecule has 0 unspecified atom stereocenters. The van der Waals surface area contributed by atoms with Crippen LogP contribution in [0.25, 0.3) is 0 Å². The predicted molar refractivity (Wildman–Crippen MR) is 71.8 cm³/mol. The van der Waals surface area contributed by atoms with Crippen molar-refractivity contribution in [2.75, 3.05) is 20.2 Å². The maximum absolute atomic E-state index is 12.3. The molecule has 0 radical (unpaired) electrons. The number of amides is 1. The molecule has 0 saturated carbocycles. The van der Waals surface area contributed by atoms with Crippen molar-refractivity contribution in [3.8, 4) is 0 Å². The molecule has 1 amide bonds. The van der Waals surface area contributed by atoms with Gasteiger partial charge in [0, 0.05) is 25.8 Å². The summed E-state index contributed by atoms with van der Waals surface area (Å²) in [5, 5.41) is 0. The van der Waals surface area contributed by atoms with Gasteiger partial charge in [-0.2, -0.15) is 0 Å². The molecule has 0 bridgehead atoms. The smallest absolute Gasteiger partial charge is 0.253 e. The topological polar surface area (TPSA) is 29.5 Å². The van der Waals surface area contributed by atoms with E-state index in [-0.39, 0.29) is 12.0 Å². The Hall–Kier alpha value is -1.35. The van der Waals surface area contributed by atoms with Crippen LogP contribution >= 0.6 is 0 Å². The molecular weight excluding hydrogens is 226 g/mol. The fraction of sp³-hybridized carbons (Fsp3) is 0.533. The molecule has 0 N–H and O–H groups in total. The Kier molecular flexibility index (Phi) is 4.02. The first-order valence-corrected chi connectivity index (χ1v) is 6.54. The van der Waals surface area contributed by atoms with Gasteiger partial charge in [-0.1, -0.05) is 26.0 Å². The lowest BCUT2D eigenvalue weighted by atomic mass is 10.0. The quantitative estimate of drug-likeness (QED) is 0.822. The summed E-state index contributed by atoms with van der Waals surface area (Å²) in [7, 11) is 1.70. The van der Waals surface area contributed by atoms with Crippen molar-refractivity contribution in [2.45, 2.75) is 32.3 Å². The van der Waals surface area contributed by atoms with Crippen LogP contribution in [-0.4, -0.2) is 37.1 Å². The zero-order valence-corrected chi connectivity index (χ0v) is 11.3. The molecule has 3 heteroatoms. The van der Waals surface area contributed by atoms with Gasteiger partial charge in [-0.3, -0.25) is 4.79 Å². The number of methoxy groups -OCH3 is 1. The van der Waals surface area contributed by atoms with Crippen LogP contribution in [0.2, 0.25) is 0 Å². The number of ether oxygens (including phenoxy) is 1. The molecule has 1 heterocycles. The van der Waals surface area contributed by atoms with E-state index in [1.165, 1.54) is 5.56 Å². The highest BCUT2D eigenvalue weighted by Crippen LogP contribution is 2.18. The summed E-state index contributed by atoms with van der Waals surface area (Å²) in [5.41, 5.74) is 2.04. The van der Waals surface area contributed by atoms with Gasteiger partial charge in [0.15, 0.2) is 0 Å². The van der Waals surface area contributed by atoms with Crippen molar-refractivity contribution in [1.29, 1.82) is 0 Å². The molecule has 2 rings (SSSR count). The van der Waals surface area contributed by atoms with Crippen LogP contribution in [0.15, 0.2) is 24.3 Å². The largest absolute Gasteiger partial charge is 0.380 e. The summed E-state index contributed by atoms with van der Waals surface area (Å²) in [6.45, 7) is 5.81. The molecule has 0 aromatic heterocycles. The molecule has 0 spiro atoms. The lowest BCUT2D eigenvalue weighted by Gasteiger charge is -2.16. The summed E-state index contributed by atoms with van der Waals surface area (Å²) < 4.78 is 5.28. The van der Waals surface area contributed by atoms with Gasteiger partial charge in [0.2, 0.25) is 0 Å². The number of nitrogens with zero attached hydrogens (tertiary/aromatic N) is 1. The number of carbonyl (C=O) groups excluding carboxylic acids is 1. The van der Waals surface area contributed by atoms with Crippen molar-refractivity contribution < 1.29 is 9.53 Å². The summed E-state index contributed by atoms with van der Waals surface area (Å²) in [6.07, 6.45) is 1.13. The van der Waals surface area contributed by atoms with E-state index in [1.807, 2.05) is 29.2 Å². The third kappa shape index (κ3) is 2.72. The van der Waals surface area contributed by atoms with Gasteiger partial charge in [0.05, 0.1) is 6.10 Å². The molecule has 1 aliphatic rings. The molecule has 3 nitrogen and oxygen atoms in total. The van der Waals surface area contributed by atoms with Crippen molar-refractivity contribution in [3.05, 3.63) is 35.4 Å². The Bertz CT molecular complexity index is 411. The van der Waals surface area contributed by atoms with Gasteiger partial charge in [0.25, 0.3) is 5.91 Å². The summed E-state index contributed by atoms with van der Waals surface area (Å²) >= 11 is 0. The van der Waals surface area contributed by atoms with Gasteiger partial charge in [-0.25, -0.2) is 0 Å². The first kappa shape index (κ1) is 13.1. The van der Waals surface area contributed by atoms with Gasteiger partial charge in [-0.05, 0) is 30.0 Å². The number of rotatable bonds is 3. The predicted octanol–water partition coefficient (Wildman–Crippen LogP) is 2.67. The minimum Gasteiger partial charge on any atom is -0.380 e. The Balaban J connectivity index is 2.05. The first-order valence-electron chi connectivity index (χ1n) is 6.54. The van der Waals surface area contributed by atoms with Crippen LogP contribution in [0.4, 0.5) is 0 Å². The third-order valence-electron chi connectivity index (χ3n) is 3.59. The number of carbonyl (C=O) groups is 1. The highest BCUT2D eigenvalue weighted by atomic mass is 16.5. The van der Waals surface area contributed by atoms with Crippen LogP contribution in [-0.2, 0) is 4.74 Å². The molecular formula is C15H21NO2. The Morgan fingerprint density at radius 3 is 2.50 bits per heavy atom. The maximum Gasteiger partial charge on any atom is 0.253 e. The molecule has 0 aliphatic carbocycles. The minimum atomic E-state index is 0.116. The molecule has 1 aliphatic heterocycles. The molecule has 1 aromatic rings. The van der Waals surface area contributed by atoms with Crippen molar-refractivity contribution in [2.24, 2.45) is 0 Å². The fourth-order valence-corrected chi connectivity index (χ4v) is 2.30. The van der Waals surface area contributed by atoms with Crippen LogP contribution in [0.5, 0.6) is 0 Å². The van der Waals surface area contributed by atoms with E-state index in [0.717, 1.165) is 18.5 Å². The lowest BCUT2D eigenvalue weighted by molar-refractivity contribution is 0.0724. The first-order chi connectivity index (χ1) is 8.61. The number of likely N-dealkylation sites (tertiary alicyclic amines) is 1. The van der Waals surface area contributed by atoms with E-state index in [4.69, 9.17) is 4.74 Å². The lowest BCUT2D eigenvalue weighted by Crippen LogP contribution is -2.29. The second kappa shape index (κ2) is 5.53. The average molecular weight is 247 g/mol. The van der Waals surface area contributed by atoms with Gasteiger partial charge >= 0.3 is 0 Å². The van der Waals surface area contributed by atoms with Crippen molar-refractivity contribution in [3.63, 3.8) is 0 Å². The summed E-state index contributed by atoms with van der Waals surface area (Å²) in [4.78, 5) is 14.1. The molecule has 1 saturated heterocycles. The van der Waals surface area contributed by atoms with Crippen LogP contribution in [0, 0.1) is 0 Å². The average Bonchev–Trinajstić information content (AvgIpc) is 2.86. The van der Waals surface area contributed by atoms with Gasteiger partial charge in [0.1, 0.15) is 0 Å². The monoisotopic (exact) mass is 247 g/mol. The second-order valence-corrected chi connectivity index (χ2v) is 5.17. The maximum atomic E-state index is 12.3. The molecule has 98 valence electrons. The molecule has 1 fully saturated rings. The fourth-order valence-electron chi connectivity index (χ4n) is 2.30. The van der Waals surface area contributed by atoms with Crippen molar-refractivity contribution in [1.82, 2.24) is 4.90 Å². The van der Waals surface area contributed by atoms with Crippen molar-refractivity contribution >= 4 is 5.91 Å². The second-order valence-electron chi connectivity index (χ2n) is 5.17. The van der Waals surface area contributed by atoms with E-state index in [9.17, 15) is 4.79 Å². The third-order valence-corrected chi connectivity index (χ3v) is 3.59. The number of hydrogen-bond acceptors (Lipinski definition) is 2. The van der Waals surface area contributed by atoms with E-state index in [1.54, 1.807) is 7.11 Å². The van der Waals surface area contributed by atoms with E-state index >= 15 is 0 Å². The van der Waals surface area contributed by atoms with Crippen LogP contribution < -0.4 is 0 Å². The summed E-state index contributed by atoms with van der Waals surface area (Å²) in [6, 6.07) is 7.94. The molecule has 18 heavy (non-hydrogen) atoms. The highest BCUT2D eigenvalue weighted by molar-refractivity contribution is 5.94. The number of hydrogen-bond donors (Lipinski definition) is 0. The number of benzene rings is 1. The Morgan fingerprint density at radius 1 is 1.33 bits per heavy atom. The summed E-state index contributed by atoms with van der Waals surface area (Å²) in [5.74, 6) is 0.615.